The summed E-state index contributed by atoms with van der Waals surface area (Å²) in [6.07, 6.45) is 8.05. The Morgan fingerprint density at radius 2 is 1.33 bits per heavy atom. The molecule has 2 atom stereocenters. The first-order valence-corrected chi connectivity index (χ1v) is 11.8. The van der Waals surface area contributed by atoms with E-state index in [1.54, 1.807) is 0 Å². The van der Waals surface area contributed by atoms with Crippen molar-refractivity contribution < 1.29 is 19.7 Å². The second-order valence-electron chi connectivity index (χ2n) is 8.18. The van der Waals surface area contributed by atoms with Gasteiger partial charge in [-0.15, -0.1) is 0 Å². The van der Waals surface area contributed by atoms with Gasteiger partial charge in [0.05, 0.1) is 12.2 Å². The molecule has 168 valence electrons. The summed E-state index contributed by atoms with van der Waals surface area (Å²) in [4.78, 5) is 0. The van der Waals surface area contributed by atoms with E-state index in [1.807, 2.05) is 30.3 Å². The van der Waals surface area contributed by atoms with Crippen LogP contribution < -0.4 is 9.47 Å². The molecule has 0 aromatic heterocycles. The summed E-state index contributed by atoms with van der Waals surface area (Å²) in [5, 5.41) is 22.5. The van der Waals surface area contributed by atoms with E-state index in [2.05, 4.69) is 20.8 Å². The van der Waals surface area contributed by atoms with Gasteiger partial charge in [-0.1, -0.05) is 83.6 Å². The molecule has 0 spiro atoms. The number of benzene rings is 2. The van der Waals surface area contributed by atoms with Gasteiger partial charge in [0, 0.05) is 10.8 Å². The van der Waals surface area contributed by atoms with Gasteiger partial charge in [-0.25, -0.2) is 0 Å². The summed E-state index contributed by atoms with van der Waals surface area (Å²) in [6.45, 7) is 7.02. The first-order chi connectivity index (χ1) is 14.6. The Labute approximate surface area is 182 Å². The second-order valence-corrected chi connectivity index (χ2v) is 8.18. The summed E-state index contributed by atoms with van der Waals surface area (Å²) in [5.74, 6) is 1.62. The molecule has 2 aromatic carbocycles. The predicted molar refractivity (Wildman–Crippen MR) is 125 cm³/mol. The monoisotopic (exact) mass is 416 g/mol. The molecule has 0 bridgehead atoms. The smallest absolute Gasteiger partial charge is 0.130 e. The van der Waals surface area contributed by atoms with Crippen LogP contribution in [0.3, 0.4) is 0 Å². The van der Waals surface area contributed by atoms with Gasteiger partial charge in [0.15, 0.2) is 0 Å². The SMILES string of the molecule is CCCCCC(O)COc1cc(CC)c(OCC(O)CCCCC)c2ccccc12. The van der Waals surface area contributed by atoms with Crippen LogP contribution in [0.5, 0.6) is 11.5 Å². The number of hydrogen-bond acceptors (Lipinski definition) is 4. The van der Waals surface area contributed by atoms with Crippen LogP contribution in [0.15, 0.2) is 30.3 Å². The van der Waals surface area contributed by atoms with Crippen LogP contribution in [0.4, 0.5) is 0 Å². The lowest BCUT2D eigenvalue weighted by Crippen LogP contribution is -2.19. The molecule has 2 aromatic rings. The maximum atomic E-state index is 10.3. The van der Waals surface area contributed by atoms with Crippen LogP contribution in [0.1, 0.15) is 77.7 Å². The Kier molecular flexibility index (Phi) is 11.0. The van der Waals surface area contributed by atoms with Gasteiger partial charge in [0.2, 0.25) is 0 Å². The van der Waals surface area contributed by atoms with E-state index in [0.717, 1.165) is 85.6 Å². The van der Waals surface area contributed by atoms with Crippen molar-refractivity contribution >= 4 is 10.8 Å². The van der Waals surface area contributed by atoms with Crippen molar-refractivity contribution in [1.29, 1.82) is 0 Å². The number of aliphatic hydroxyl groups excluding tert-OH is 2. The van der Waals surface area contributed by atoms with Crippen LogP contribution in [-0.4, -0.2) is 35.6 Å². The Bertz CT molecular complexity index is 743. The molecule has 4 heteroatoms. The van der Waals surface area contributed by atoms with Gasteiger partial charge in [-0.05, 0) is 30.9 Å². The number of hydrogen-bond donors (Lipinski definition) is 2. The molecule has 30 heavy (non-hydrogen) atoms. The van der Waals surface area contributed by atoms with Crippen molar-refractivity contribution in [1.82, 2.24) is 0 Å². The Morgan fingerprint density at radius 3 is 1.90 bits per heavy atom. The third kappa shape index (κ3) is 7.48. The molecule has 0 saturated heterocycles. The molecule has 4 nitrogen and oxygen atoms in total. The van der Waals surface area contributed by atoms with Gasteiger partial charge < -0.3 is 19.7 Å². The summed E-state index contributed by atoms with van der Waals surface area (Å²) in [7, 11) is 0. The lowest BCUT2D eigenvalue weighted by molar-refractivity contribution is 0.0965. The lowest BCUT2D eigenvalue weighted by atomic mass is 10.0. The molecule has 0 amide bonds. The van der Waals surface area contributed by atoms with Crippen molar-refractivity contribution in [3.8, 4) is 11.5 Å². The average Bonchev–Trinajstić information content (AvgIpc) is 2.76. The summed E-state index contributed by atoms with van der Waals surface area (Å²) >= 11 is 0. The molecule has 2 unspecified atom stereocenters. The molecule has 2 N–H and O–H groups in total. The van der Waals surface area contributed by atoms with Crippen molar-refractivity contribution in [3.05, 3.63) is 35.9 Å². The van der Waals surface area contributed by atoms with Gasteiger partial charge in [-0.2, -0.15) is 0 Å². The van der Waals surface area contributed by atoms with Crippen LogP contribution in [0.25, 0.3) is 10.8 Å². The highest BCUT2D eigenvalue weighted by Crippen LogP contribution is 2.37. The standard InChI is InChI=1S/C26H40O4/c1-4-7-9-13-21(27)18-29-25-17-20(6-3)26(24-16-12-11-15-23(24)25)30-19-22(28)14-10-8-5-2/h11-12,15-17,21-22,27-28H,4-10,13-14,18-19H2,1-3H3. The largest absolute Gasteiger partial charge is 0.490 e. The number of ether oxygens (including phenoxy) is 2. The third-order valence-corrected chi connectivity index (χ3v) is 5.55. The maximum Gasteiger partial charge on any atom is 0.130 e. The Balaban J connectivity index is 2.13. The van der Waals surface area contributed by atoms with E-state index in [4.69, 9.17) is 9.47 Å². The van der Waals surface area contributed by atoms with Gasteiger partial charge >= 0.3 is 0 Å². The average molecular weight is 417 g/mol. The number of rotatable bonds is 15. The van der Waals surface area contributed by atoms with E-state index in [-0.39, 0.29) is 0 Å². The first kappa shape index (κ1) is 24.5. The molecule has 0 saturated carbocycles. The summed E-state index contributed by atoms with van der Waals surface area (Å²) in [5.41, 5.74) is 1.06. The minimum absolute atomic E-state index is 0.299. The highest BCUT2D eigenvalue weighted by Gasteiger charge is 2.16. The zero-order valence-electron chi connectivity index (χ0n) is 19.0. The van der Waals surface area contributed by atoms with Gasteiger partial charge in [0.25, 0.3) is 0 Å². The van der Waals surface area contributed by atoms with Crippen LogP contribution in [0, 0.1) is 0 Å². The molecule has 0 radical (unpaired) electrons. The fourth-order valence-corrected chi connectivity index (χ4v) is 3.72. The number of aliphatic hydroxyl groups is 2. The molecule has 0 aliphatic rings. The van der Waals surface area contributed by atoms with E-state index >= 15 is 0 Å². The van der Waals surface area contributed by atoms with Crippen LogP contribution >= 0.6 is 0 Å². The molecule has 0 aliphatic carbocycles. The molecule has 0 fully saturated rings. The van der Waals surface area contributed by atoms with Crippen LogP contribution in [-0.2, 0) is 6.42 Å². The normalized spacial score (nSPS) is 13.4. The van der Waals surface area contributed by atoms with E-state index in [9.17, 15) is 10.2 Å². The highest BCUT2D eigenvalue weighted by atomic mass is 16.5. The molecule has 0 aliphatic heterocycles. The molecular weight excluding hydrogens is 376 g/mol. The van der Waals surface area contributed by atoms with Crippen molar-refractivity contribution in [2.45, 2.75) is 90.8 Å². The van der Waals surface area contributed by atoms with Gasteiger partial charge in [0.1, 0.15) is 24.7 Å². The Morgan fingerprint density at radius 1 is 0.767 bits per heavy atom. The highest BCUT2D eigenvalue weighted by molar-refractivity contribution is 5.94. The molecule has 0 heterocycles. The fraction of sp³-hybridized carbons (Fsp3) is 0.615. The zero-order valence-corrected chi connectivity index (χ0v) is 19.0. The molecular formula is C26H40O4. The fourth-order valence-electron chi connectivity index (χ4n) is 3.72. The third-order valence-electron chi connectivity index (χ3n) is 5.55. The molecule has 2 rings (SSSR count). The van der Waals surface area contributed by atoms with E-state index < -0.39 is 12.2 Å². The summed E-state index contributed by atoms with van der Waals surface area (Å²) < 4.78 is 12.2. The van der Waals surface area contributed by atoms with Crippen LogP contribution in [0.2, 0.25) is 0 Å². The van der Waals surface area contributed by atoms with E-state index in [0.29, 0.717) is 13.2 Å². The first-order valence-electron chi connectivity index (χ1n) is 11.8. The second kappa shape index (κ2) is 13.5. The zero-order chi connectivity index (χ0) is 21.8. The number of fused-ring (bicyclic) bond motifs is 1. The van der Waals surface area contributed by atoms with Gasteiger partial charge in [-0.3, -0.25) is 0 Å². The number of unbranched alkanes of at least 4 members (excludes halogenated alkanes) is 4. The maximum absolute atomic E-state index is 10.3. The minimum atomic E-state index is -0.450. The van der Waals surface area contributed by atoms with E-state index in [1.165, 1.54) is 0 Å². The van der Waals surface area contributed by atoms with Crippen molar-refractivity contribution in [2.24, 2.45) is 0 Å². The minimum Gasteiger partial charge on any atom is -0.490 e. The topological polar surface area (TPSA) is 58.9 Å². The van der Waals surface area contributed by atoms with Crippen molar-refractivity contribution in [2.75, 3.05) is 13.2 Å². The lowest BCUT2D eigenvalue weighted by Gasteiger charge is -2.20. The predicted octanol–water partition coefficient (Wildman–Crippen LogP) is 6.04. The van der Waals surface area contributed by atoms with Crippen molar-refractivity contribution in [3.63, 3.8) is 0 Å². The Hall–Kier alpha value is -1.78. The summed E-state index contributed by atoms with van der Waals surface area (Å²) in [6, 6.07) is 10.1. The quantitative estimate of drug-likeness (QED) is 0.347. The number of aryl methyl sites for hydroxylation is 1.